The van der Waals surface area contributed by atoms with E-state index in [1.54, 1.807) is 19.9 Å². The van der Waals surface area contributed by atoms with Crippen LogP contribution in [0.15, 0.2) is 24.3 Å². The van der Waals surface area contributed by atoms with Crippen LogP contribution in [0.25, 0.3) is 0 Å². The zero-order valence-corrected chi connectivity index (χ0v) is 19.9. The van der Waals surface area contributed by atoms with Crippen LogP contribution in [0.1, 0.15) is 60.7 Å². The number of ether oxygens (including phenoxy) is 3. The summed E-state index contributed by atoms with van der Waals surface area (Å²) in [4.78, 5) is 40.8. The Labute approximate surface area is 198 Å². The Balaban J connectivity index is 1.67. The molecule has 1 N–H and O–H groups in total. The summed E-state index contributed by atoms with van der Waals surface area (Å²) in [6, 6.07) is 6.86. The molecule has 0 unspecified atom stereocenters. The number of fused-ring (bicyclic) bond motifs is 2. The highest BCUT2D eigenvalue weighted by Gasteiger charge is 2.48. The zero-order chi connectivity index (χ0) is 24.5. The molecule has 10 heteroatoms. The number of esters is 1. The Morgan fingerprint density at radius 2 is 2.00 bits per heavy atom. The second-order valence-electron chi connectivity index (χ2n) is 9.08. The van der Waals surface area contributed by atoms with Gasteiger partial charge in [-0.05, 0) is 43.9 Å². The van der Waals surface area contributed by atoms with Crippen molar-refractivity contribution in [2.75, 3.05) is 19.9 Å². The Hall–Kier alpha value is -3.56. The molecule has 2 aliphatic rings. The van der Waals surface area contributed by atoms with E-state index in [4.69, 9.17) is 14.2 Å². The first kappa shape index (κ1) is 23.6. The van der Waals surface area contributed by atoms with Gasteiger partial charge in [-0.1, -0.05) is 19.9 Å². The van der Waals surface area contributed by atoms with E-state index in [1.807, 2.05) is 12.1 Å². The summed E-state index contributed by atoms with van der Waals surface area (Å²) in [6.07, 6.45) is 0.817. The molecular formula is C24H30N4O6. The number of aromatic nitrogens is 2. The van der Waals surface area contributed by atoms with Crippen molar-refractivity contribution in [2.24, 2.45) is 5.92 Å². The maximum Gasteiger partial charge on any atom is 0.358 e. The van der Waals surface area contributed by atoms with E-state index in [0.29, 0.717) is 24.0 Å². The van der Waals surface area contributed by atoms with Crippen LogP contribution in [-0.4, -0.2) is 57.9 Å². The van der Waals surface area contributed by atoms with Gasteiger partial charge in [0.15, 0.2) is 17.2 Å². The van der Waals surface area contributed by atoms with Crippen molar-refractivity contribution in [1.29, 1.82) is 0 Å². The maximum atomic E-state index is 13.6. The molecule has 2 amide bonds. The fraction of sp³-hybridized carbons (Fsp3) is 0.500. The summed E-state index contributed by atoms with van der Waals surface area (Å²) in [6.45, 7) is 8.69. The monoisotopic (exact) mass is 470 g/mol. The molecule has 0 radical (unpaired) electrons. The van der Waals surface area contributed by atoms with Crippen LogP contribution in [0.4, 0.5) is 0 Å². The van der Waals surface area contributed by atoms with Crippen molar-refractivity contribution in [3.8, 4) is 11.5 Å². The Morgan fingerprint density at radius 1 is 1.24 bits per heavy atom. The standard InChI is InChI=1S/C24H30N4O6/c1-5-32-22(30)17-11-18-21(29)27(12-16-6-7-19-20(10-16)34-14-33-19)24(4,13-28(18)26-17)23(31)25-9-8-15(2)3/h6-7,10-11,15H,5,8-9,12-14H2,1-4H3,(H,25,31)/t24-/m1/s1. The third-order valence-electron chi connectivity index (χ3n) is 6.06. The number of hydrogen-bond acceptors (Lipinski definition) is 7. The van der Waals surface area contributed by atoms with Crippen molar-refractivity contribution < 1.29 is 28.6 Å². The van der Waals surface area contributed by atoms with Crippen LogP contribution >= 0.6 is 0 Å². The first-order valence-electron chi connectivity index (χ1n) is 11.5. The predicted molar refractivity (Wildman–Crippen MR) is 121 cm³/mol. The van der Waals surface area contributed by atoms with E-state index in [9.17, 15) is 14.4 Å². The van der Waals surface area contributed by atoms with E-state index in [-0.39, 0.29) is 43.8 Å². The van der Waals surface area contributed by atoms with Gasteiger partial charge in [-0.3, -0.25) is 14.3 Å². The number of hydrogen-bond donors (Lipinski definition) is 1. The lowest BCUT2D eigenvalue weighted by atomic mass is 9.94. The Bertz CT molecular complexity index is 1110. The fourth-order valence-corrected chi connectivity index (χ4v) is 4.08. The van der Waals surface area contributed by atoms with E-state index in [0.717, 1.165) is 12.0 Å². The van der Waals surface area contributed by atoms with Gasteiger partial charge in [-0.15, -0.1) is 0 Å². The molecule has 10 nitrogen and oxygen atoms in total. The normalized spacial score (nSPS) is 18.7. The Kier molecular flexibility index (Phi) is 6.49. The van der Waals surface area contributed by atoms with E-state index in [2.05, 4.69) is 24.3 Å². The van der Waals surface area contributed by atoms with Crippen LogP contribution in [0.3, 0.4) is 0 Å². The van der Waals surface area contributed by atoms with E-state index >= 15 is 0 Å². The molecule has 0 bridgehead atoms. The summed E-state index contributed by atoms with van der Waals surface area (Å²) >= 11 is 0. The van der Waals surface area contributed by atoms with Crippen molar-refractivity contribution in [2.45, 2.75) is 52.7 Å². The highest BCUT2D eigenvalue weighted by atomic mass is 16.7. The van der Waals surface area contributed by atoms with Crippen LogP contribution in [0, 0.1) is 5.92 Å². The largest absolute Gasteiger partial charge is 0.461 e. The number of nitrogens with zero attached hydrogens (tertiary/aromatic N) is 3. The average molecular weight is 471 g/mol. The van der Waals surface area contributed by atoms with Gasteiger partial charge in [-0.25, -0.2) is 4.79 Å². The summed E-state index contributed by atoms with van der Waals surface area (Å²) in [5, 5.41) is 7.25. The molecule has 0 aliphatic carbocycles. The molecule has 0 saturated heterocycles. The van der Waals surface area contributed by atoms with Crippen molar-refractivity contribution in [3.63, 3.8) is 0 Å². The molecule has 182 valence electrons. The van der Waals surface area contributed by atoms with Crippen molar-refractivity contribution in [1.82, 2.24) is 20.0 Å². The van der Waals surface area contributed by atoms with Crippen LogP contribution in [-0.2, 0) is 22.6 Å². The quantitative estimate of drug-likeness (QED) is 0.590. The third-order valence-corrected chi connectivity index (χ3v) is 6.06. The number of benzene rings is 1. The van der Waals surface area contributed by atoms with E-state index < -0.39 is 17.4 Å². The molecular weight excluding hydrogens is 440 g/mol. The summed E-state index contributed by atoms with van der Waals surface area (Å²) in [5.41, 5.74) is -0.165. The van der Waals surface area contributed by atoms with Gasteiger partial charge < -0.3 is 24.4 Å². The molecule has 34 heavy (non-hydrogen) atoms. The topological polar surface area (TPSA) is 112 Å². The highest BCUT2D eigenvalue weighted by molar-refractivity contribution is 6.01. The summed E-state index contributed by atoms with van der Waals surface area (Å²) in [5.74, 6) is 0.382. The molecule has 0 spiro atoms. The van der Waals surface area contributed by atoms with Gasteiger partial charge in [0.1, 0.15) is 11.2 Å². The molecule has 1 aromatic carbocycles. The number of carbonyl (C=O) groups is 3. The summed E-state index contributed by atoms with van der Waals surface area (Å²) < 4.78 is 17.3. The lowest BCUT2D eigenvalue weighted by Crippen LogP contribution is -2.63. The van der Waals surface area contributed by atoms with Crippen molar-refractivity contribution in [3.05, 3.63) is 41.2 Å². The lowest BCUT2D eigenvalue weighted by molar-refractivity contribution is -0.133. The predicted octanol–water partition coefficient (Wildman–Crippen LogP) is 2.37. The highest BCUT2D eigenvalue weighted by Crippen LogP contribution is 2.35. The average Bonchev–Trinajstić information content (AvgIpc) is 3.43. The molecule has 4 rings (SSSR count). The molecule has 2 aliphatic heterocycles. The maximum absolute atomic E-state index is 13.6. The smallest absolute Gasteiger partial charge is 0.358 e. The molecule has 3 heterocycles. The van der Waals surface area contributed by atoms with Crippen LogP contribution < -0.4 is 14.8 Å². The van der Waals surface area contributed by atoms with Gasteiger partial charge >= 0.3 is 5.97 Å². The van der Waals surface area contributed by atoms with E-state index in [1.165, 1.54) is 15.6 Å². The van der Waals surface area contributed by atoms with Gasteiger partial charge in [0.25, 0.3) is 5.91 Å². The second kappa shape index (κ2) is 9.36. The number of carbonyl (C=O) groups excluding carboxylic acids is 3. The molecule has 0 fully saturated rings. The fourth-order valence-electron chi connectivity index (χ4n) is 4.08. The second-order valence-corrected chi connectivity index (χ2v) is 9.08. The molecule has 2 aromatic rings. The molecule has 0 saturated carbocycles. The number of rotatable bonds is 8. The zero-order valence-electron chi connectivity index (χ0n) is 19.9. The van der Waals surface area contributed by atoms with Crippen LogP contribution in [0.5, 0.6) is 11.5 Å². The van der Waals surface area contributed by atoms with Gasteiger partial charge in [0, 0.05) is 19.2 Å². The van der Waals surface area contributed by atoms with Gasteiger partial charge in [-0.2, -0.15) is 5.10 Å². The Morgan fingerprint density at radius 3 is 2.74 bits per heavy atom. The third kappa shape index (κ3) is 4.44. The van der Waals surface area contributed by atoms with Gasteiger partial charge in [0.2, 0.25) is 12.7 Å². The molecule has 1 atom stereocenters. The first-order chi connectivity index (χ1) is 16.2. The lowest BCUT2D eigenvalue weighted by Gasteiger charge is -2.43. The van der Waals surface area contributed by atoms with Crippen molar-refractivity contribution >= 4 is 17.8 Å². The minimum absolute atomic E-state index is 0.0395. The first-order valence-corrected chi connectivity index (χ1v) is 11.5. The number of nitrogens with one attached hydrogen (secondary N) is 1. The number of amides is 2. The van der Waals surface area contributed by atoms with Crippen LogP contribution in [0.2, 0.25) is 0 Å². The summed E-state index contributed by atoms with van der Waals surface area (Å²) in [7, 11) is 0. The minimum Gasteiger partial charge on any atom is -0.461 e. The van der Waals surface area contributed by atoms with Gasteiger partial charge in [0.05, 0.1) is 13.2 Å². The SMILES string of the molecule is CCOC(=O)c1cc2n(n1)C[C@](C)(C(=O)NCCC(C)C)N(Cc1ccc3c(c1)OCO3)C2=O. The minimum atomic E-state index is -1.23. The molecule has 1 aromatic heterocycles.